The molecule has 0 heterocycles. The van der Waals surface area contributed by atoms with Crippen molar-refractivity contribution in [2.24, 2.45) is 5.73 Å². The van der Waals surface area contributed by atoms with Gasteiger partial charge in [-0.1, -0.05) is 12.1 Å². The second-order valence-corrected chi connectivity index (χ2v) is 4.95. The number of hydrogen-bond donors (Lipinski definition) is 2. The Morgan fingerprint density at radius 1 is 1.19 bits per heavy atom. The summed E-state index contributed by atoms with van der Waals surface area (Å²) < 4.78 is 0. The summed E-state index contributed by atoms with van der Waals surface area (Å²) in [6, 6.07) is 8.04. The lowest BCUT2D eigenvalue weighted by molar-refractivity contribution is -0.132. The van der Waals surface area contributed by atoms with Crippen LogP contribution in [-0.2, 0) is 16.1 Å². The third-order valence-corrected chi connectivity index (χ3v) is 3.18. The summed E-state index contributed by atoms with van der Waals surface area (Å²) >= 11 is 0. The van der Waals surface area contributed by atoms with Crippen molar-refractivity contribution in [3.8, 4) is 0 Å². The van der Waals surface area contributed by atoms with Gasteiger partial charge in [0.2, 0.25) is 11.8 Å². The number of carbonyl (C=O) groups is 2. The normalized spacial score (nSPS) is 10.1. The number of anilines is 1. The van der Waals surface area contributed by atoms with E-state index in [2.05, 4.69) is 5.32 Å². The van der Waals surface area contributed by atoms with Gasteiger partial charge in [-0.05, 0) is 24.6 Å². The number of nitrogens with two attached hydrogens (primary N) is 1. The highest BCUT2D eigenvalue weighted by molar-refractivity contribution is 5.85. The molecular weight excluding hydrogens is 268 g/mol. The quantitative estimate of drug-likeness (QED) is 0.751. The largest absolute Gasteiger partial charge is 0.378 e. The van der Waals surface area contributed by atoms with Gasteiger partial charge in [0, 0.05) is 32.9 Å². The molecule has 6 heteroatoms. The third kappa shape index (κ3) is 5.43. The van der Waals surface area contributed by atoms with Gasteiger partial charge < -0.3 is 20.9 Å². The Balaban J connectivity index is 2.60. The average molecular weight is 292 g/mol. The summed E-state index contributed by atoms with van der Waals surface area (Å²) in [5.41, 5.74) is 7.36. The molecule has 1 aromatic carbocycles. The summed E-state index contributed by atoms with van der Waals surface area (Å²) in [6.07, 6.45) is 0. The smallest absolute Gasteiger partial charge is 0.242 e. The second kappa shape index (κ2) is 8.26. The molecule has 2 amide bonds. The van der Waals surface area contributed by atoms with Crippen LogP contribution in [0.4, 0.5) is 5.69 Å². The van der Waals surface area contributed by atoms with E-state index in [0.29, 0.717) is 13.1 Å². The van der Waals surface area contributed by atoms with Crippen molar-refractivity contribution in [3.05, 3.63) is 29.8 Å². The molecule has 0 radical (unpaired) electrons. The minimum Gasteiger partial charge on any atom is -0.378 e. The minimum absolute atomic E-state index is 0.0142. The fourth-order valence-electron chi connectivity index (χ4n) is 1.85. The Morgan fingerprint density at radius 2 is 1.81 bits per heavy atom. The van der Waals surface area contributed by atoms with E-state index < -0.39 is 0 Å². The molecule has 3 N–H and O–H groups in total. The van der Waals surface area contributed by atoms with E-state index in [4.69, 9.17) is 5.73 Å². The maximum absolute atomic E-state index is 12.0. The van der Waals surface area contributed by atoms with Gasteiger partial charge in [-0.2, -0.15) is 0 Å². The number of hydrogen-bond acceptors (Lipinski definition) is 4. The lowest BCUT2D eigenvalue weighted by atomic mass is 10.2. The first-order valence-corrected chi connectivity index (χ1v) is 6.98. The molecule has 116 valence electrons. The molecule has 0 aliphatic rings. The highest BCUT2D eigenvalue weighted by Crippen LogP contribution is 2.13. The topological polar surface area (TPSA) is 78.7 Å². The summed E-state index contributed by atoms with van der Waals surface area (Å²) in [7, 11) is 3.97. The fraction of sp³-hybridized carbons (Fsp3) is 0.467. The van der Waals surface area contributed by atoms with Crippen LogP contribution in [0.25, 0.3) is 0 Å². The molecule has 0 bridgehead atoms. The Bertz CT molecular complexity index is 471. The maximum atomic E-state index is 12.0. The van der Waals surface area contributed by atoms with Crippen molar-refractivity contribution in [1.29, 1.82) is 0 Å². The monoisotopic (exact) mass is 292 g/mol. The van der Waals surface area contributed by atoms with E-state index in [1.165, 1.54) is 0 Å². The number of likely N-dealkylation sites (N-methyl/N-ethyl adjacent to an activating group) is 1. The van der Waals surface area contributed by atoms with E-state index in [9.17, 15) is 9.59 Å². The van der Waals surface area contributed by atoms with Gasteiger partial charge in [0.05, 0.1) is 13.1 Å². The van der Waals surface area contributed by atoms with Crippen LogP contribution in [0.3, 0.4) is 0 Å². The van der Waals surface area contributed by atoms with Crippen molar-refractivity contribution in [2.75, 3.05) is 38.6 Å². The zero-order chi connectivity index (χ0) is 15.8. The Labute approximate surface area is 125 Å². The highest BCUT2D eigenvalue weighted by Gasteiger charge is 2.13. The van der Waals surface area contributed by atoms with E-state index in [1.54, 1.807) is 4.90 Å². The lowest BCUT2D eigenvalue weighted by Gasteiger charge is -2.21. The SMILES string of the molecule is CCN(Cc1ccc(N(C)C)cc1)C(=O)CNC(=O)CN. The van der Waals surface area contributed by atoms with E-state index in [1.807, 2.05) is 50.2 Å². The van der Waals surface area contributed by atoms with Crippen LogP contribution in [0.5, 0.6) is 0 Å². The number of benzene rings is 1. The Morgan fingerprint density at radius 3 is 2.29 bits per heavy atom. The first kappa shape index (κ1) is 17.0. The standard InChI is InChI=1S/C15H24N4O2/c1-4-19(15(21)10-17-14(20)9-16)11-12-5-7-13(8-6-12)18(2)3/h5-8H,4,9-11,16H2,1-3H3,(H,17,20). The molecule has 0 aliphatic heterocycles. The van der Waals surface area contributed by atoms with Crippen LogP contribution in [0.15, 0.2) is 24.3 Å². The molecule has 0 saturated heterocycles. The Kier molecular flexibility index (Phi) is 6.68. The minimum atomic E-state index is -0.324. The summed E-state index contributed by atoms with van der Waals surface area (Å²) in [6.45, 7) is 2.91. The molecule has 1 rings (SSSR count). The Hall–Kier alpha value is -2.08. The van der Waals surface area contributed by atoms with E-state index in [-0.39, 0.29) is 24.9 Å². The van der Waals surface area contributed by atoms with Gasteiger partial charge in [0.15, 0.2) is 0 Å². The molecule has 0 spiro atoms. The average Bonchev–Trinajstić information content (AvgIpc) is 2.50. The van der Waals surface area contributed by atoms with Gasteiger partial charge in [0.1, 0.15) is 0 Å². The summed E-state index contributed by atoms with van der Waals surface area (Å²) in [5, 5.41) is 2.49. The summed E-state index contributed by atoms with van der Waals surface area (Å²) in [5.74, 6) is -0.439. The van der Waals surface area contributed by atoms with Crippen LogP contribution >= 0.6 is 0 Å². The zero-order valence-electron chi connectivity index (χ0n) is 12.9. The van der Waals surface area contributed by atoms with Crippen molar-refractivity contribution in [3.63, 3.8) is 0 Å². The molecule has 0 atom stereocenters. The van der Waals surface area contributed by atoms with Crippen molar-refractivity contribution in [2.45, 2.75) is 13.5 Å². The second-order valence-electron chi connectivity index (χ2n) is 4.95. The van der Waals surface area contributed by atoms with E-state index in [0.717, 1.165) is 11.3 Å². The molecule has 0 aromatic heterocycles. The molecular formula is C15H24N4O2. The number of rotatable bonds is 7. The van der Waals surface area contributed by atoms with Gasteiger partial charge in [0.25, 0.3) is 0 Å². The molecule has 6 nitrogen and oxygen atoms in total. The van der Waals surface area contributed by atoms with Crippen LogP contribution in [-0.4, -0.2) is 50.4 Å². The number of carbonyl (C=O) groups excluding carboxylic acids is 2. The first-order chi connectivity index (χ1) is 9.97. The molecule has 1 aromatic rings. The maximum Gasteiger partial charge on any atom is 0.242 e. The lowest BCUT2D eigenvalue weighted by Crippen LogP contribution is -2.41. The highest BCUT2D eigenvalue weighted by atomic mass is 16.2. The van der Waals surface area contributed by atoms with Crippen LogP contribution in [0.1, 0.15) is 12.5 Å². The van der Waals surface area contributed by atoms with Crippen molar-refractivity contribution >= 4 is 17.5 Å². The number of nitrogens with one attached hydrogen (secondary N) is 1. The first-order valence-electron chi connectivity index (χ1n) is 6.98. The van der Waals surface area contributed by atoms with Crippen molar-refractivity contribution < 1.29 is 9.59 Å². The predicted molar refractivity (Wildman–Crippen MR) is 83.9 cm³/mol. The van der Waals surface area contributed by atoms with Crippen LogP contribution in [0, 0.1) is 0 Å². The molecule has 0 fully saturated rings. The van der Waals surface area contributed by atoms with Gasteiger partial charge in [-0.15, -0.1) is 0 Å². The van der Waals surface area contributed by atoms with Gasteiger partial charge in [-0.3, -0.25) is 9.59 Å². The van der Waals surface area contributed by atoms with Crippen LogP contribution < -0.4 is 16.0 Å². The van der Waals surface area contributed by atoms with E-state index >= 15 is 0 Å². The van der Waals surface area contributed by atoms with Crippen LogP contribution in [0.2, 0.25) is 0 Å². The molecule has 0 unspecified atom stereocenters. The van der Waals surface area contributed by atoms with Crippen molar-refractivity contribution in [1.82, 2.24) is 10.2 Å². The number of amides is 2. The van der Waals surface area contributed by atoms with Gasteiger partial charge in [-0.25, -0.2) is 0 Å². The number of nitrogens with zero attached hydrogens (tertiary/aromatic N) is 2. The third-order valence-electron chi connectivity index (χ3n) is 3.18. The fourth-order valence-corrected chi connectivity index (χ4v) is 1.85. The zero-order valence-corrected chi connectivity index (χ0v) is 12.9. The predicted octanol–water partition coefficient (Wildman–Crippen LogP) is 0.176. The molecule has 21 heavy (non-hydrogen) atoms. The summed E-state index contributed by atoms with van der Waals surface area (Å²) in [4.78, 5) is 26.8. The van der Waals surface area contributed by atoms with Gasteiger partial charge >= 0.3 is 0 Å². The molecule has 0 saturated carbocycles. The molecule has 0 aliphatic carbocycles.